The van der Waals surface area contributed by atoms with Crippen molar-refractivity contribution in [2.45, 2.75) is 19.0 Å². The molecule has 1 fully saturated rings. The Morgan fingerprint density at radius 2 is 2.21 bits per heavy atom. The lowest BCUT2D eigenvalue weighted by Crippen LogP contribution is -2.52. The molecule has 2 aliphatic heterocycles. The van der Waals surface area contributed by atoms with Crippen molar-refractivity contribution < 1.29 is 33.0 Å². The summed E-state index contributed by atoms with van der Waals surface area (Å²) < 4.78 is 39.0. The number of rotatable bonds is 7. The molecule has 13 heteroatoms. The van der Waals surface area contributed by atoms with Gasteiger partial charge in [-0.3, -0.25) is 14.7 Å². The molecule has 180 valence electrons. The Bertz CT molecular complexity index is 1140. The molecule has 2 unspecified atom stereocenters. The first-order valence-electron chi connectivity index (χ1n) is 10.4. The fourth-order valence-corrected chi connectivity index (χ4v) is 4.26. The average molecular weight is 493 g/mol. The predicted molar refractivity (Wildman–Crippen MR) is 116 cm³/mol. The third kappa shape index (κ3) is 4.95. The summed E-state index contributed by atoms with van der Waals surface area (Å²) >= 11 is 1.17. The van der Waals surface area contributed by atoms with Crippen molar-refractivity contribution in [3.05, 3.63) is 57.2 Å². The zero-order valence-corrected chi connectivity index (χ0v) is 18.8. The fraction of sp³-hybridized carbons (Fsp3) is 0.381. The molecule has 1 aromatic heterocycles. The minimum Gasteiger partial charge on any atom is -0.480 e. The van der Waals surface area contributed by atoms with Gasteiger partial charge in [-0.2, -0.15) is 0 Å². The molecule has 0 spiro atoms. The zero-order chi connectivity index (χ0) is 24.2. The Morgan fingerprint density at radius 3 is 2.88 bits per heavy atom. The Balaban J connectivity index is 1.83. The van der Waals surface area contributed by atoms with Crippen LogP contribution in [0.15, 0.2) is 40.0 Å². The summed E-state index contributed by atoms with van der Waals surface area (Å²) in [6, 6.07) is 0.872. The van der Waals surface area contributed by atoms with E-state index in [1.54, 1.807) is 11.8 Å². The van der Waals surface area contributed by atoms with E-state index >= 15 is 0 Å². The summed E-state index contributed by atoms with van der Waals surface area (Å²) in [5.41, 5.74) is 1.72. The zero-order valence-electron chi connectivity index (χ0n) is 18.0. The van der Waals surface area contributed by atoms with Gasteiger partial charge in [-0.25, -0.2) is 13.6 Å². The van der Waals surface area contributed by atoms with E-state index in [0.29, 0.717) is 24.2 Å². The molecule has 34 heavy (non-hydrogen) atoms. The van der Waals surface area contributed by atoms with Gasteiger partial charge in [-0.1, -0.05) is 17.4 Å². The van der Waals surface area contributed by atoms with Crippen molar-refractivity contribution in [2.24, 2.45) is 4.99 Å². The van der Waals surface area contributed by atoms with Gasteiger partial charge in [-0.05, 0) is 13.0 Å². The molecule has 1 aromatic carbocycles. The van der Waals surface area contributed by atoms with Crippen LogP contribution in [-0.2, 0) is 19.1 Å². The lowest BCUT2D eigenvalue weighted by Gasteiger charge is -2.35. The molecule has 1 saturated heterocycles. The van der Waals surface area contributed by atoms with E-state index in [4.69, 9.17) is 9.47 Å². The third-order valence-electron chi connectivity index (χ3n) is 5.33. The number of carbonyl (C=O) groups excluding carboxylic acids is 1. The quantitative estimate of drug-likeness (QED) is 0.552. The minimum absolute atomic E-state index is 0.00347. The molecule has 0 amide bonds. The van der Waals surface area contributed by atoms with Gasteiger partial charge in [0, 0.05) is 30.4 Å². The predicted octanol–water partition coefficient (Wildman–Crippen LogP) is 1.51. The van der Waals surface area contributed by atoms with Crippen LogP contribution in [0.4, 0.5) is 8.78 Å². The molecular formula is C21H21F2N5O5S. The van der Waals surface area contributed by atoms with Crippen molar-refractivity contribution in [2.75, 3.05) is 32.9 Å². The van der Waals surface area contributed by atoms with Crippen molar-refractivity contribution >= 4 is 29.1 Å². The second-order valence-corrected chi connectivity index (χ2v) is 8.26. The molecule has 0 saturated carbocycles. The van der Waals surface area contributed by atoms with E-state index < -0.39 is 35.7 Å². The summed E-state index contributed by atoms with van der Waals surface area (Å²) in [4.78, 5) is 30.9. The molecule has 3 heterocycles. The molecule has 0 bridgehead atoms. The van der Waals surface area contributed by atoms with Crippen LogP contribution < -0.4 is 5.32 Å². The maximum Gasteiger partial charge on any atom is 0.338 e. The number of hydrogen-bond acceptors (Lipinski definition) is 10. The lowest BCUT2D eigenvalue weighted by molar-refractivity contribution is -0.149. The van der Waals surface area contributed by atoms with Gasteiger partial charge in [0.05, 0.1) is 25.4 Å². The lowest BCUT2D eigenvalue weighted by atomic mass is 9.94. The largest absolute Gasteiger partial charge is 0.480 e. The Kier molecular flexibility index (Phi) is 7.24. The monoisotopic (exact) mass is 493 g/mol. The second-order valence-electron chi connectivity index (χ2n) is 7.43. The van der Waals surface area contributed by atoms with Crippen LogP contribution in [0.5, 0.6) is 0 Å². The van der Waals surface area contributed by atoms with Crippen LogP contribution in [0.1, 0.15) is 23.5 Å². The van der Waals surface area contributed by atoms with Gasteiger partial charge in [0.2, 0.25) is 0 Å². The average Bonchev–Trinajstić information content (AvgIpc) is 3.34. The molecular weight excluding hydrogens is 472 g/mol. The first-order chi connectivity index (χ1) is 16.4. The molecule has 2 N–H and O–H groups in total. The van der Waals surface area contributed by atoms with Crippen LogP contribution in [0.25, 0.3) is 0 Å². The number of carboxylic acids is 1. The number of carboxylic acid groups (broad SMARTS) is 1. The first kappa shape index (κ1) is 23.9. The Labute approximate surface area is 196 Å². The maximum absolute atomic E-state index is 14.8. The fourth-order valence-electron chi connectivity index (χ4n) is 3.76. The highest BCUT2D eigenvalue weighted by molar-refractivity contribution is 7.11. The smallest absolute Gasteiger partial charge is 0.338 e. The normalized spacial score (nSPS) is 21.1. The summed E-state index contributed by atoms with van der Waals surface area (Å²) in [6.45, 7) is 2.24. The van der Waals surface area contributed by atoms with Crippen LogP contribution in [-0.4, -0.2) is 76.9 Å². The van der Waals surface area contributed by atoms with E-state index in [2.05, 4.69) is 20.5 Å². The summed E-state index contributed by atoms with van der Waals surface area (Å²) in [5.74, 6) is -3.27. The number of nitrogens with one attached hydrogen (secondary N) is 1. The van der Waals surface area contributed by atoms with Crippen LogP contribution >= 0.6 is 11.3 Å². The highest BCUT2D eigenvalue weighted by Gasteiger charge is 2.37. The van der Waals surface area contributed by atoms with E-state index in [9.17, 15) is 23.5 Å². The van der Waals surface area contributed by atoms with Gasteiger partial charge >= 0.3 is 11.9 Å². The number of carbonyl (C=O) groups is 2. The number of ether oxygens (including phenoxy) is 2. The van der Waals surface area contributed by atoms with E-state index in [1.807, 2.05) is 0 Å². The van der Waals surface area contributed by atoms with Crippen LogP contribution in [0, 0.1) is 11.6 Å². The number of benzene rings is 1. The molecule has 0 aliphatic carbocycles. The minimum atomic E-state index is -1.18. The van der Waals surface area contributed by atoms with Crippen LogP contribution in [0.2, 0.25) is 0 Å². The number of amidine groups is 1. The van der Waals surface area contributed by atoms with Gasteiger partial charge in [0.15, 0.2) is 10.8 Å². The topological polar surface area (TPSA) is 126 Å². The number of morpholine rings is 1. The molecule has 2 atom stereocenters. The Morgan fingerprint density at radius 1 is 1.38 bits per heavy atom. The number of halogens is 2. The third-order valence-corrected chi connectivity index (χ3v) is 6.02. The summed E-state index contributed by atoms with van der Waals surface area (Å²) in [6.07, 6.45) is 0. The molecule has 2 aromatic rings. The standard InChI is InChI=1S/C21H21F2N5O5S/c1-2-33-21(31)16-14(8-28-5-6-32-9-15(28)20(29)30)25-18(19-27-24-10-34-19)26-17(16)12-4-3-11(22)7-13(12)23/h3-4,7,10,15,17H,2,5-6,8-9H2,1H3,(H,25,26)(H,29,30). The summed E-state index contributed by atoms with van der Waals surface area (Å²) in [5, 5.41) is 20.8. The SMILES string of the molecule is CCOC(=O)C1=C(CN2CCOCC2C(=O)O)NC(c2nncs2)=NC1c1ccc(F)cc1F. The van der Waals surface area contributed by atoms with Gasteiger partial charge in [0.1, 0.15) is 29.2 Å². The number of hydrogen-bond donors (Lipinski definition) is 2. The number of esters is 1. The van der Waals surface area contributed by atoms with Crippen molar-refractivity contribution in [3.63, 3.8) is 0 Å². The number of nitrogens with zero attached hydrogens (tertiary/aromatic N) is 4. The second kappa shape index (κ2) is 10.3. The Hall–Kier alpha value is -3.29. The highest BCUT2D eigenvalue weighted by atomic mass is 32.1. The number of aromatic nitrogens is 2. The van der Waals surface area contributed by atoms with Gasteiger partial charge in [0.25, 0.3) is 0 Å². The van der Waals surface area contributed by atoms with E-state index in [0.717, 1.165) is 6.07 Å². The van der Waals surface area contributed by atoms with Crippen molar-refractivity contribution in [1.82, 2.24) is 20.4 Å². The molecule has 4 rings (SSSR count). The number of aliphatic imine (C=N–C) groups is 1. The molecule has 0 radical (unpaired) electrons. The molecule has 10 nitrogen and oxygen atoms in total. The summed E-state index contributed by atoms with van der Waals surface area (Å²) in [7, 11) is 0. The first-order valence-corrected chi connectivity index (χ1v) is 11.3. The van der Waals surface area contributed by atoms with Crippen molar-refractivity contribution in [3.8, 4) is 0 Å². The van der Waals surface area contributed by atoms with E-state index in [1.165, 1.54) is 22.9 Å². The van der Waals surface area contributed by atoms with E-state index in [-0.39, 0.29) is 42.4 Å². The highest BCUT2D eigenvalue weighted by Crippen LogP contribution is 2.35. The van der Waals surface area contributed by atoms with Gasteiger partial charge < -0.3 is 19.9 Å². The van der Waals surface area contributed by atoms with Crippen LogP contribution in [0.3, 0.4) is 0 Å². The van der Waals surface area contributed by atoms with Gasteiger partial charge in [-0.15, -0.1) is 10.2 Å². The molecule has 2 aliphatic rings. The maximum atomic E-state index is 14.8. The number of aliphatic carboxylic acids is 1. The van der Waals surface area contributed by atoms with Crippen molar-refractivity contribution in [1.29, 1.82) is 0 Å².